The lowest BCUT2D eigenvalue weighted by Gasteiger charge is -2.08. The van der Waals surface area contributed by atoms with Crippen LogP contribution in [0.1, 0.15) is 21.7 Å². The van der Waals surface area contributed by atoms with E-state index in [4.69, 9.17) is 20.3 Å². The van der Waals surface area contributed by atoms with Crippen LogP contribution in [0.15, 0.2) is 36.4 Å². The third-order valence-electron chi connectivity index (χ3n) is 4.56. The van der Waals surface area contributed by atoms with E-state index < -0.39 is 12.0 Å². The summed E-state index contributed by atoms with van der Waals surface area (Å²) in [5.74, 6) is -0.391. The number of pyridine rings is 1. The third-order valence-corrected chi connectivity index (χ3v) is 4.56. The molecule has 0 saturated carbocycles. The van der Waals surface area contributed by atoms with E-state index in [0.29, 0.717) is 23.6 Å². The van der Waals surface area contributed by atoms with Gasteiger partial charge in [-0.15, -0.1) is 10.2 Å². The summed E-state index contributed by atoms with van der Waals surface area (Å²) in [6, 6.07) is 9.66. The van der Waals surface area contributed by atoms with Crippen molar-refractivity contribution in [2.24, 2.45) is 5.73 Å². The predicted octanol–water partition coefficient (Wildman–Crippen LogP) is 0.411. The van der Waals surface area contributed by atoms with E-state index in [1.807, 2.05) is 24.3 Å². The second-order valence-corrected chi connectivity index (χ2v) is 7.14. The van der Waals surface area contributed by atoms with Crippen LogP contribution in [-0.2, 0) is 22.6 Å². The van der Waals surface area contributed by atoms with Gasteiger partial charge in [0.25, 0.3) is 5.91 Å². The second kappa shape index (κ2) is 11.1. The summed E-state index contributed by atoms with van der Waals surface area (Å²) < 4.78 is 10.3. The fraction of sp³-hybridized carbons (Fsp3) is 0.333. The number of carbonyl (C=O) groups excluding carboxylic acids is 1. The molecule has 174 valence electrons. The monoisotopic (exact) mass is 455 g/mol. The highest BCUT2D eigenvalue weighted by atomic mass is 16.5. The lowest BCUT2D eigenvalue weighted by molar-refractivity contribution is -0.140. The van der Waals surface area contributed by atoms with E-state index in [-0.39, 0.29) is 31.4 Å². The number of benzene rings is 1. The molecule has 0 spiro atoms. The van der Waals surface area contributed by atoms with E-state index in [1.165, 1.54) is 4.80 Å². The number of amides is 1. The molecule has 0 saturated heterocycles. The van der Waals surface area contributed by atoms with Crippen LogP contribution in [0.5, 0.6) is 5.75 Å². The number of nitrogens with zero attached hydrogens (tertiary/aromatic N) is 5. The number of aromatic nitrogens is 5. The molecule has 0 aliphatic rings. The summed E-state index contributed by atoms with van der Waals surface area (Å²) in [6.45, 7) is 2.43. The number of rotatable bonds is 11. The van der Waals surface area contributed by atoms with Gasteiger partial charge in [-0.05, 0) is 42.0 Å². The molecule has 12 nitrogen and oxygen atoms in total. The first-order valence-corrected chi connectivity index (χ1v) is 10.1. The predicted molar refractivity (Wildman–Crippen MR) is 116 cm³/mol. The van der Waals surface area contributed by atoms with E-state index in [2.05, 4.69) is 25.7 Å². The van der Waals surface area contributed by atoms with Gasteiger partial charge in [0, 0.05) is 17.8 Å². The Labute approximate surface area is 189 Å². The van der Waals surface area contributed by atoms with Crippen molar-refractivity contribution in [2.75, 3.05) is 20.3 Å². The molecule has 3 aromatic rings. The average Bonchev–Trinajstić information content (AvgIpc) is 3.29. The first-order valence-electron chi connectivity index (χ1n) is 10.1. The highest BCUT2D eigenvalue weighted by molar-refractivity contribution is 5.93. The number of nitrogens with one attached hydrogen (secondary N) is 1. The van der Waals surface area contributed by atoms with Crippen LogP contribution in [0.4, 0.5) is 0 Å². The summed E-state index contributed by atoms with van der Waals surface area (Å²) in [5.41, 5.74) is 7.76. The molecule has 2 heterocycles. The smallest absolute Gasteiger partial charge is 0.322 e. The molecule has 2 aromatic heterocycles. The Kier molecular flexibility index (Phi) is 8.00. The Morgan fingerprint density at radius 1 is 1.24 bits per heavy atom. The molecule has 1 unspecified atom stereocenters. The van der Waals surface area contributed by atoms with Gasteiger partial charge in [0.1, 0.15) is 17.5 Å². The van der Waals surface area contributed by atoms with Crippen LogP contribution in [0, 0.1) is 6.92 Å². The van der Waals surface area contributed by atoms with E-state index in [9.17, 15) is 9.59 Å². The second-order valence-electron chi connectivity index (χ2n) is 7.14. The Morgan fingerprint density at radius 2 is 2.00 bits per heavy atom. The highest BCUT2D eigenvalue weighted by Gasteiger charge is 2.14. The molecule has 4 N–H and O–H groups in total. The summed E-state index contributed by atoms with van der Waals surface area (Å²) in [6.07, 6.45) is 0. The number of carboxylic acids is 1. The third kappa shape index (κ3) is 6.79. The van der Waals surface area contributed by atoms with Crippen molar-refractivity contribution in [3.05, 3.63) is 53.3 Å². The zero-order valence-corrected chi connectivity index (χ0v) is 18.3. The first-order chi connectivity index (χ1) is 15.9. The molecule has 0 aliphatic heterocycles. The minimum atomic E-state index is -1.13. The lowest BCUT2D eigenvalue weighted by atomic mass is 10.1. The summed E-state index contributed by atoms with van der Waals surface area (Å²) in [4.78, 5) is 28.9. The maximum atomic E-state index is 12.6. The normalized spacial score (nSPS) is 11.7. The van der Waals surface area contributed by atoms with Gasteiger partial charge < -0.3 is 25.6 Å². The van der Waals surface area contributed by atoms with Crippen LogP contribution in [-0.4, -0.2) is 68.5 Å². The molecule has 1 amide bonds. The van der Waals surface area contributed by atoms with Gasteiger partial charge in [-0.3, -0.25) is 9.59 Å². The number of aliphatic carboxylic acids is 1. The van der Waals surface area contributed by atoms with E-state index in [1.54, 1.807) is 26.2 Å². The zero-order valence-electron chi connectivity index (χ0n) is 18.3. The Balaban J connectivity index is 1.60. The maximum absolute atomic E-state index is 12.6. The van der Waals surface area contributed by atoms with Gasteiger partial charge >= 0.3 is 5.97 Å². The largest absolute Gasteiger partial charge is 0.497 e. The van der Waals surface area contributed by atoms with Crippen LogP contribution in [0.3, 0.4) is 0 Å². The van der Waals surface area contributed by atoms with Crippen molar-refractivity contribution in [3.63, 3.8) is 0 Å². The van der Waals surface area contributed by atoms with Crippen LogP contribution < -0.4 is 15.8 Å². The van der Waals surface area contributed by atoms with Gasteiger partial charge in [0.05, 0.1) is 26.9 Å². The fourth-order valence-electron chi connectivity index (χ4n) is 2.81. The Hall–Kier alpha value is -3.90. The molecule has 3 rings (SSSR count). The zero-order chi connectivity index (χ0) is 23.8. The molecule has 0 bridgehead atoms. The fourth-order valence-corrected chi connectivity index (χ4v) is 2.81. The van der Waals surface area contributed by atoms with Crippen LogP contribution in [0.2, 0.25) is 0 Å². The molecule has 33 heavy (non-hydrogen) atoms. The average molecular weight is 455 g/mol. The Morgan fingerprint density at radius 3 is 2.70 bits per heavy atom. The van der Waals surface area contributed by atoms with E-state index >= 15 is 0 Å². The van der Waals surface area contributed by atoms with Crippen molar-refractivity contribution in [2.45, 2.75) is 26.1 Å². The standard InChI is InChI=1S/C21H25N7O5/c1-13-9-15(19-25-27-28(26-19)7-8-33-12-17(22)21(30)31)10-18(24-13)20(29)23-11-14-3-5-16(32-2)6-4-14/h3-6,9-10,17H,7-8,11-12,22H2,1-2H3,(H,23,29)(H,30,31). The van der Waals surface area contributed by atoms with Crippen LogP contribution in [0.25, 0.3) is 11.4 Å². The highest BCUT2D eigenvalue weighted by Crippen LogP contribution is 2.16. The first kappa shape index (κ1) is 23.8. The minimum absolute atomic E-state index is 0.116. The molecule has 1 atom stereocenters. The van der Waals surface area contributed by atoms with Crippen molar-refractivity contribution >= 4 is 11.9 Å². The van der Waals surface area contributed by atoms with Gasteiger partial charge in [-0.25, -0.2) is 4.98 Å². The maximum Gasteiger partial charge on any atom is 0.322 e. The summed E-state index contributed by atoms with van der Waals surface area (Å²) in [5, 5.41) is 23.8. The topological polar surface area (TPSA) is 167 Å². The minimum Gasteiger partial charge on any atom is -0.497 e. The molecule has 0 fully saturated rings. The number of carbonyl (C=O) groups is 2. The summed E-state index contributed by atoms with van der Waals surface area (Å²) >= 11 is 0. The van der Waals surface area contributed by atoms with Crippen LogP contribution >= 0.6 is 0 Å². The number of aryl methyl sites for hydroxylation is 1. The molecule has 0 radical (unpaired) electrons. The molecule has 12 heteroatoms. The van der Waals surface area contributed by atoms with Gasteiger partial charge in [0.2, 0.25) is 5.82 Å². The quantitative estimate of drug-likeness (QED) is 0.344. The number of hydrogen-bond donors (Lipinski definition) is 3. The number of tetrazole rings is 1. The number of ether oxygens (including phenoxy) is 2. The van der Waals surface area contributed by atoms with Gasteiger partial charge in [-0.2, -0.15) is 4.80 Å². The molecular weight excluding hydrogens is 430 g/mol. The van der Waals surface area contributed by atoms with Crippen molar-refractivity contribution in [1.29, 1.82) is 0 Å². The molecule has 1 aromatic carbocycles. The van der Waals surface area contributed by atoms with Crippen molar-refractivity contribution in [3.8, 4) is 17.1 Å². The Bertz CT molecular complexity index is 1100. The SMILES string of the molecule is COc1ccc(CNC(=O)c2cc(-c3nnn(CCOCC(N)C(=O)O)n3)cc(C)n2)cc1. The van der Waals surface area contributed by atoms with Crippen molar-refractivity contribution < 1.29 is 24.2 Å². The van der Waals surface area contributed by atoms with Crippen molar-refractivity contribution in [1.82, 2.24) is 30.5 Å². The van der Waals surface area contributed by atoms with Gasteiger partial charge in [-0.1, -0.05) is 12.1 Å². The molecule has 0 aliphatic carbocycles. The van der Waals surface area contributed by atoms with Gasteiger partial charge in [0.15, 0.2) is 0 Å². The lowest BCUT2D eigenvalue weighted by Crippen LogP contribution is -2.35. The summed E-state index contributed by atoms with van der Waals surface area (Å²) in [7, 11) is 1.59. The number of nitrogens with two attached hydrogens (primary N) is 1. The molecular formula is C21H25N7O5. The number of hydrogen-bond acceptors (Lipinski definition) is 9. The number of carboxylic acid groups (broad SMARTS) is 1. The number of methoxy groups -OCH3 is 1. The van der Waals surface area contributed by atoms with E-state index in [0.717, 1.165) is 11.3 Å².